The standard InChI is InChI=1S/C10H7NO5/c12-9-4-8(10(13)14)6-2-1-5(11(15)16)3-7(6)9/h1-3,8H,4H2,(H,13,14). The van der Waals surface area contributed by atoms with Crippen LogP contribution in [0.25, 0.3) is 0 Å². The second kappa shape index (κ2) is 3.41. The number of nitro benzene ring substituents is 1. The van der Waals surface area contributed by atoms with E-state index >= 15 is 0 Å². The predicted octanol–water partition coefficient (Wildman–Crippen LogP) is 1.35. The predicted molar refractivity (Wildman–Crippen MR) is 52.4 cm³/mol. The summed E-state index contributed by atoms with van der Waals surface area (Å²) in [5.74, 6) is -2.31. The Balaban J connectivity index is 2.53. The summed E-state index contributed by atoms with van der Waals surface area (Å²) in [7, 11) is 0. The van der Waals surface area contributed by atoms with E-state index in [-0.39, 0.29) is 23.5 Å². The largest absolute Gasteiger partial charge is 0.481 e. The van der Waals surface area contributed by atoms with Gasteiger partial charge in [0.05, 0.1) is 10.8 Å². The fourth-order valence-corrected chi connectivity index (χ4v) is 1.83. The maximum Gasteiger partial charge on any atom is 0.311 e. The van der Waals surface area contributed by atoms with Crippen LogP contribution in [-0.2, 0) is 4.79 Å². The minimum Gasteiger partial charge on any atom is -0.481 e. The first-order valence-corrected chi connectivity index (χ1v) is 4.55. The lowest BCUT2D eigenvalue weighted by Crippen LogP contribution is -2.08. The lowest BCUT2D eigenvalue weighted by Gasteiger charge is -2.03. The number of rotatable bonds is 2. The number of carbonyl (C=O) groups is 2. The molecule has 0 saturated heterocycles. The number of carbonyl (C=O) groups excluding carboxylic acids is 1. The molecule has 6 nitrogen and oxygen atoms in total. The van der Waals surface area contributed by atoms with Gasteiger partial charge >= 0.3 is 5.97 Å². The number of aliphatic carboxylic acids is 1. The second-order valence-electron chi connectivity index (χ2n) is 3.55. The van der Waals surface area contributed by atoms with Gasteiger partial charge in [0, 0.05) is 24.1 Å². The number of non-ortho nitro benzene ring substituents is 1. The monoisotopic (exact) mass is 221 g/mol. The Morgan fingerprint density at radius 2 is 2.19 bits per heavy atom. The Hall–Kier alpha value is -2.24. The average Bonchev–Trinajstić information content (AvgIpc) is 2.56. The average molecular weight is 221 g/mol. The molecule has 1 aliphatic carbocycles. The summed E-state index contributed by atoms with van der Waals surface area (Å²) in [5, 5.41) is 19.4. The summed E-state index contributed by atoms with van der Waals surface area (Å²) >= 11 is 0. The Morgan fingerprint density at radius 3 is 2.75 bits per heavy atom. The Bertz CT molecular complexity index is 508. The SMILES string of the molecule is O=C1CC(C(=O)O)c2ccc([N+](=O)[O-])cc21. The van der Waals surface area contributed by atoms with Crippen LogP contribution in [0.15, 0.2) is 18.2 Å². The normalized spacial score (nSPS) is 18.2. The first-order valence-electron chi connectivity index (χ1n) is 4.55. The van der Waals surface area contributed by atoms with Gasteiger partial charge in [0.15, 0.2) is 5.78 Å². The third-order valence-electron chi connectivity index (χ3n) is 2.61. The lowest BCUT2D eigenvalue weighted by molar-refractivity contribution is -0.384. The summed E-state index contributed by atoms with van der Waals surface area (Å²) in [6, 6.07) is 3.70. The van der Waals surface area contributed by atoms with Crippen LogP contribution < -0.4 is 0 Å². The zero-order valence-electron chi connectivity index (χ0n) is 8.04. The van der Waals surface area contributed by atoms with Crippen LogP contribution in [0.5, 0.6) is 0 Å². The van der Waals surface area contributed by atoms with E-state index in [2.05, 4.69) is 0 Å². The maximum atomic E-state index is 11.5. The molecule has 1 aliphatic rings. The van der Waals surface area contributed by atoms with Crippen molar-refractivity contribution >= 4 is 17.4 Å². The van der Waals surface area contributed by atoms with Crippen LogP contribution in [-0.4, -0.2) is 21.8 Å². The van der Waals surface area contributed by atoms with Crippen molar-refractivity contribution in [2.45, 2.75) is 12.3 Å². The number of hydrogen-bond acceptors (Lipinski definition) is 4. The van der Waals surface area contributed by atoms with Crippen LogP contribution in [0.1, 0.15) is 28.3 Å². The molecule has 0 aromatic heterocycles. The van der Waals surface area contributed by atoms with Crippen molar-refractivity contribution in [1.82, 2.24) is 0 Å². The molecule has 16 heavy (non-hydrogen) atoms. The molecule has 1 N–H and O–H groups in total. The number of nitrogens with zero attached hydrogens (tertiary/aromatic N) is 1. The first-order chi connectivity index (χ1) is 7.50. The molecule has 0 radical (unpaired) electrons. The van der Waals surface area contributed by atoms with Gasteiger partial charge in [0.1, 0.15) is 0 Å². The molecule has 82 valence electrons. The zero-order chi connectivity index (χ0) is 11.9. The Labute approximate surface area is 89.7 Å². The molecule has 0 heterocycles. The van der Waals surface area contributed by atoms with Gasteiger partial charge in [-0.2, -0.15) is 0 Å². The summed E-state index contributed by atoms with van der Waals surface area (Å²) in [5.41, 5.74) is 0.322. The van der Waals surface area contributed by atoms with Gasteiger partial charge in [-0.15, -0.1) is 0 Å². The van der Waals surface area contributed by atoms with E-state index in [1.165, 1.54) is 12.1 Å². The molecule has 0 bridgehead atoms. The third kappa shape index (κ3) is 1.44. The van der Waals surface area contributed by atoms with E-state index in [0.29, 0.717) is 5.56 Å². The quantitative estimate of drug-likeness (QED) is 0.600. The van der Waals surface area contributed by atoms with Crippen LogP contribution in [0, 0.1) is 10.1 Å². The van der Waals surface area contributed by atoms with Crippen LogP contribution in [0.4, 0.5) is 5.69 Å². The van der Waals surface area contributed by atoms with Gasteiger partial charge in [-0.1, -0.05) is 6.07 Å². The molecule has 1 aromatic rings. The second-order valence-corrected chi connectivity index (χ2v) is 3.55. The number of carboxylic acids is 1. The van der Waals surface area contributed by atoms with E-state index < -0.39 is 16.8 Å². The third-order valence-corrected chi connectivity index (χ3v) is 2.61. The molecule has 0 amide bonds. The van der Waals surface area contributed by atoms with Crippen molar-refractivity contribution in [3.63, 3.8) is 0 Å². The van der Waals surface area contributed by atoms with E-state index in [1.807, 2.05) is 0 Å². The zero-order valence-corrected chi connectivity index (χ0v) is 8.04. The molecular formula is C10H7NO5. The highest BCUT2D eigenvalue weighted by atomic mass is 16.6. The minimum absolute atomic E-state index is 0.119. The van der Waals surface area contributed by atoms with Crippen molar-refractivity contribution in [1.29, 1.82) is 0 Å². The van der Waals surface area contributed by atoms with Gasteiger partial charge in [-0.3, -0.25) is 19.7 Å². The van der Waals surface area contributed by atoms with Gasteiger partial charge in [0.25, 0.3) is 5.69 Å². The fraction of sp³-hybridized carbons (Fsp3) is 0.200. The molecule has 1 aromatic carbocycles. The highest BCUT2D eigenvalue weighted by Crippen LogP contribution is 2.35. The van der Waals surface area contributed by atoms with Crippen molar-refractivity contribution in [3.8, 4) is 0 Å². The number of fused-ring (bicyclic) bond motifs is 1. The van der Waals surface area contributed by atoms with E-state index in [9.17, 15) is 19.7 Å². The van der Waals surface area contributed by atoms with Crippen LogP contribution >= 0.6 is 0 Å². The van der Waals surface area contributed by atoms with E-state index in [0.717, 1.165) is 6.07 Å². The molecule has 0 aliphatic heterocycles. The molecule has 0 fully saturated rings. The lowest BCUT2D eigenvalue weighted by atomic mass is 10.0. The van der Waals surface area contributed by atoms with Gasteiger partial charge < -0.3 is 5.11 Å². The summed E-state index contributed by atoms with van der Waals surface area (Å²) in [4.78, 5) is 32.2. The Kier molecular flexibility index (Phi) is 2.19. The highest BCUT2D eigenvalue weighted by molar-refractivity contribution is 6.06. The van der Waals surface area contributed by atoms with E-state index in [1.54, 1.807) is 0 Å². The van der Waals surface area contributed by atoms with Crippen LogP contribution in [0.3, 0.4) is 0 Å². The van der Waals surface area contributed by atoms with Crippen molar-refractivity contribution in [3.05, 3.63) is 39.4 Å². The molecule has 1 unspecified atom stereocenters. The highest BCUT2D eigenvalue weighted by Gasteiger charge is 2.35. The molecule has 0 spiro atoms. The molecule has 6 heteroatoms. The fourth-order valence-electron chi connectivity index (χ4n) is 1.83. The summed E-state index contributed by atoms with van der Waals surface area (Å²) in [6.45, 7) is 0. The first kappa shape index (κ1) is 10.3. The van der Waals surface area contributed by atoms with Crippen molar-refractivity contribution in [2.75, 3.05) is 0 Å². The summed E-state index contributed by atoms with van der Waals surface area (Å²) < 4.78 is 0. The van der Waals surface area contributed by atoms with E-state index in [4.69, 9.17) is 5.11 Å². The topological polar surface area (TPSA) is 97.5 Å². The van der Waals surface area contributed by atoms with Crippen LogP contribution in [0.2, 0.25) is 0 Å². The molecule has 1 atom stereocenters. The number of Topliss-reactive ketones (excluding diaryl/α,β-unsaturated/α-hetero) is 1. The van der Waals surface area contributed by atoms with Gasteiger partial charge in [-0.25, -0.2) is 0 Å². The number of nitro groups is 1. The molecule has 0 saturated carbocycles. The minimum atomic E-state index is -1.08. The maximum absolute atomic E-state index is 11.5. The van der Waals surface area contributed by atoms with Crippen molar-refractivity contribution < 1.29 is 19.6 Å². The number of ketones is 1. The number of benzene rings is 1. The van der Waals surface area contributed by atoms with Gasteiger partial charge in [0.2, 0.25) is 0 Å². The summed E-state index contributed by atoms with van der Waals surface area (Å²) in [6.07, 6.45) is -0.119. The Morgan fingerprint density at radius 1 is 1.50 bits per heavy atom. The van der Waals surface area contributed by atoms with Crippen molar-refractivity contribution in [2.24, 2.45) is 0 Å². The molecular weight excluding hydrogens is 214 g/mol. The van der Waals surface area contributed by atoms with Gasteiger partial charge in [-0.05, 0) is 5.56 Å². The smallest absolute Gasteiger partial charge is 0.311 e. The molecule has 2 rings (SSSR count). The number of carboxylic acid groups (broad SMARTS) is 1. The number of hydrogen-bond donors (Lipinski definition) is 1.